The van der Waals surface area contributed by atoms with Crippen molar-refractivity contribution < 1.29 is 18.7 Å². The molecule has 1 aliphatic carbocycles. The predicted octanol–water partition coefficient (Wildman–Crippen LogP) is 4.05. The van der Waals surface area contributed by atoms with Crippen molar-refractivity contribution in [1.29, 1.82) is 0 Å². The first-order valence-electron chi connectivity index (χ1n) is 12.2. The number of hydrogen-bond donors (Lipinski definition) is 1. The van der Waals surface area contributed by atoms with Gasteiger partial charge in [0.05, 0.1) is 19.2 Å². The molecule has 3 fully saturated rings. The van der Waals surface area contributed by atoms with Gasteiger partial charge in [0, 0.05) is 29.8 Å². The number of ketones is 1. The molecule has 1 aromatic carbocycles. The van der Waals surface area contributed by atoms with Gasteiger partial charge in [0.1, 0.15) is 5.82 Å². The number of halogens is 1. The maximum absolute atomic E-state index is 14.7. The number of likely N-dealkylation sites (tertiary alicyclic amines) is 2. The fourth-order valence-corrected chi connectivity index (χ4v) is 5.35. The molecule has 33 heavy (non-hydrogen) atoms. The third kappa shape index (κ3) is 6.25. The Bertz CT molecular complexity index is 880. The van der Waals surface area contributed by atoms with E-state index in [0.29, 0.717) is 31.2 Å². The van der Waals surface area contributed by atoms with Crippen molar-refractivity contribution in [2.24, 2.45) is 11.8 Å². The molecule has 0 amide bonds. The average Bonchev–Trinajstić information content (AvgIpc) is 3.64. The summed E-state index contributed by atoms with van der Waals surface area (Å²) in [5.74, 6) is 0.194. The summed E-state index contributed by atoms with van der Waals surface area (Å²) in [7, 11) is 0. The second-order valence-corrected chi connectivity index (χ2v) is 10.2. The van der Waals surface area contributed by atoms with Crippen LogP contribution in [0.25, 0.3) is 0 Å². The lowest BCUT2D eigenvalue weighted by Gasteiger charge is -2.38. The summed E-state index contributed by atoms with van der Waals surface area (Å²) in [6.45, 7) is 5.72. The van der Waals surface area contributed by atoms with Crippen LogP contribution in [-0.4, -0.2) is 66.1 Å². The largest absolute Gasteiger partial charge is 0.465 e. The van der Waals surface area contributed by atoms with Gasteiger partial charge in [-0.15, -0.1) is 0 Å². The number of nitrogens with zero attached hydrogens (tertiary/aromatic N) is 2. The number of thiol groups is 1. The van der Waals surface area contributed by atoms with Crippen molar-refractivity contribution in [1.82, 2.24) is 9.80 Å². The summed E-state index contributed by atoms with van der Waals surface area (Å²) >= 11 is 4.84. The van der Waals surface area contributed by atoms with Crippen LogP contribution in [0.15, 0.2) is 35.9 Å². The average molecular weight is 475 g/mol. The van der Waals surface area contributed by atoms with Gasteiger partial charge in [0.2, 0.25) is 0 Å². The normalized spacial score (nSPS) is 25.2. The van der Waals surface area contributed by atoms with Gasteiger partial charge in [0.15, 0.2) is 5.78 Å². The van der Waals surface area contributed by atoms with Crippen LogP contribution in [0.4, 0.5) is 4.39 Å². The number of ether oxygens (including phenoxy) is 1. The molecule has 5 nitrogen and oxygen atoms in total. The van der Waals surface area contributed by atoms with Crippen LogP contribution in [0.5, 0.6) is 0 Å². The smallest absolute Gasteiger partial charge is 0.320 e. The van der Waals surface area contributed by atoms with Crippen LogP contribution in [0, 0.1) is 17.7 Å². The maximum Gasteiger partial charge on any atom is 0.320 e. The molecule has 0 aromatic heterocycles. The standard InChI is InChI=1S/C26H35FN2O3S/c1-2-32-24(30)17-28-12-9-18(10-13-28)15-20-16-29(14-11-23(20)33)25(26(31)19-7-8-19)21-5-3-4-6-22(21)27/h3-6,15,18-19,23,25,33H,2,7-14,16-17H2,1H3. The first-order chi connectivity index (χ1) is 16.0. The molecule has 1 aromatic rings. The molecule has 7 heteroatoms. The van der Waals surface area contributed by atoms with Gasteiger partial charge in [-0.1, -0.05) is 24.3 Å². The van der Waals surface area contributed by atoms with Crippen molar-refractivity contribution in [3.63, 3.8) is 0 Å². The minimum absolute atomic E-state index is 0.0690. The molecule has 0 spiro atoms. The Morgan fingerprint density at radius 3 is 2.55 bits per heavy atom. The Hall–Kier alpha value is -1.70. The molecule has 2 atom stereocenters. The van der Waals surface area contributed by atoms with E-state index in [1.165, 1.54) is 11.6 Å². The predicted molar refractivity (Wildman–Crippen MR) is 130 cm³/mol. The monoisotopic (exact) mass is 474 g/mol. The first kappa shape index (κ1) is 24.4. The third-order valence-corrected chi connectivity index (χ3v) is 7.65. The van der Waals surface area contributed by atoms with Gasteiger partial charge in [-0.2, -0.15) is 12.6 Å². The molecule has 180 valence electrons. The SMILES string of the molecule is CCOC(=O)CN1CCC(C=C2CN(C(C(=O)C3CC3)c3ccccc3F)CCC2S)CC1. The Morgan fingerprint density at radius 1 is 1.15 bits per heavy atom. The Labute approximate surface area is 201 Å². The Balaban J connectivity index is 1.44. The van der Waals surface area contributed by atoms with Crippen molar-refractivity contribution in [3.8, 4) is 0 Å². The maximum atomic E-state index is 14.7. The molecule has 2 saturated heterocycles. The molecule has 1 saturated carbocycles. The summed E-state index contributed by atoms with van der Waals surface area (Å²) in [6.07, 6.45) is 6.99. The topological polar surface area (TPSA) is 49.9 Å². The summed E-state index contributed by atoms with van der Waals surface area (Å²) in [5, 5.41) is 0.163. The molecule has 3 aliphatic rings. The van der Waals surface area contributed by atoms with E-state index >= 15 is 0 Å². The van der Waals surface area contributed by atoms with Crippen molar-refractivity contribution in [3.05, 3.63) is 47.3 Å². The number of allylic oxidation sites excluding steroid dienone is 1. The van der Waals surface area contributed by atoms with Gasteiger partial charge < -0.3 is 4.74 Å². The molecular formula is C26H35FN2O3S. The van der Waals surface area contributed by atoms with E-state index in [0.717, 1.165) is 51.7 Å². The number of carbonyl (C=O) groups excluding carboxylic acids is 2. The van der Waals surface area contributed by atoms with Gasteiger partial charge in [-0.25, -0.2) is 4.39 Å². The molecule has 2 heterocycles. The number of carbonyl (C=O) groups is 2. The van der Waals surface area contributed by atoms with Crippen LogP contribution in [0.1, 0.15) is 50.6 Å². The summed E-state index contributed by atoms with van der Waals surface area (Å²) in [5.41, 5.74) is 1.73. The molecule has 0 N–H and O–H groups in total. The van der Waals surface area contributed by atoms with E-state index in [1.54, 1.807) is 12.1 Å². The van der Waals surface area contributed by atoms with E-state index in [9.17, 15) is 14.0 Å². The highest BCUT2D eigenvalue weighted by Crippen LogP contribution is 2.39. The van der Waals surface area contributed by atoms with Crippen molar-refractivity contribution >= 4 is 24.4 Å². The van der Waals surface area contributed by atoms with Crippen LogP contribution in [0.3, 0.4) is 0 Å². The first-order valence-corrected chi connectivity index (χ1v) is 12.8. The van der Waals surface area contributed by atoms with Gasteiger partial charge in [-0.05, 0) is 69.7 Å². The zero-order valence-electron chi connectivity index (χ0n) is 19.4. The highest BCUT2D eigenvalue weighted by molar-refractivity contribution is 7.81. The lowest BCUT2D eigenvalue weighted by atomic mass is 9.89. The number of rotatable bonds is 8. The highest BCUT2D eigenvalue weighted by atomic mass is 32.1. The minimum atomic E-state index is -0.519. The van der Waals surface area contributed by atoms with Crippen LogP contribution >= 0.6 is 12.6 Å². The summed E-state index contributed by atoms with van der Waals surface area (Å²) < 4.78 is 19.8. The van der Waals surface area contributed by atoms with Gasteiger partial charge in [0.25, 0.3) is 0 Å². The van der Waals surface area contributed by atoms with Crippen molar-refractivity contribution in [2.75, 3.05) is 39.3 Å². The number of Topliss-reactive ketones (excluding diaryl/α,β-unsaturated/α-hetero) is 1. The minimum Gasteiger partial charge on any atom is -0.465 e. The van der Waals surface area contributed by atoms with E-state index < -0.39 is 6.04 Å². The summed E-state index contributed by atoms with van der Waals surface area (Å²) in [6, 6.07) is 6.19. The molecule has 0 radical (unpaired) electrons. The number of hydrogen-bond acceptors (Lipinski definition) is 6. The number of esters is 1. The van der Waals surface area contributed by atoms with E-state index in [-0.39, 0.29) is 28.7 Å². The summed E-state index contributed by atoms with van der Waals surface area (Å²) in [4.78, 5) is 29.3. The molecule has 0 bridgehead atoms. The number of benzene rings is 1. The zero-order valence-corrected chi connectivity index (χ0v) is 20.3. The fourth-order valence-electron chi connectivity index (χ4n) is 5.06. The second-order valence-electron chi connectivity index (χ2n) is 9.54. The molecule has 2 unspecified atom stereocenters. The third-order valence-electron chi connectivity index (χ3n) is 7.06. The van der Waals surface area contributed by atoms with E-state index in [2.05, 4.69) is 15.9 Å². The second kappa shape index (κ2) is 11.2. The van der Waals surface area contributed by atoms with E-state index in [4.69, 9.17) is 17.4 Å². The quantitative estimate of drug-likeness (QED) is 0.350. The number of piperidine rings is 2. The van der Waals surface area contributed by atoms with Crippen LogP contribution in [0.2, 0.25) is 0 Å². The molecule has 4 rings (SSSR count). The van der Waals surface area contributed by atoms with Gasteiger partial charge in [-0.3, -0.25) is 19.4 Å². The fraction of sp³-hybridized carbons (Fsp3) is 0.615. The Morgan fingerprint density at radius 2 is 1.88 bits per heavy atom. The van der Waals surface area contributed by atoms with Crippen molar-refractivity contribution in [2.45, 2.75) is 50.3 Å². The van der Waals surface area contributed by atoms with Gasteiger partial charge >= 0.3 is 5.97 Å². The lowest BCUT2D eigenvalue weighted by Crippen LogP contribution is -2.43. The zero-order chi connectivity index (χ0) is 23.4. The highest BCUT2D eigenvalue weighted by Gasteiger charge is 2.41. The molecule has 2 aliphatic heterocycles. The molecular weight excluding hydrogens is 439 g/mol. The lowest BCUT2D eigenvalue weighted by molar-refractivity contribution is -0.144. The van der Waals surface area contributed by atoms with E-state index in [1.807, 2.05) is 13.0 Å². The van der Waals surface area contributed by atoms with Crippen LogP contribution in [-0.2, 0) is 14.3 Å². The van der Waals surface area contributed by atoms with Crippen LogP contribution < -0.4 is 0 Å². The Kier molecular flexibility index (Phi) is 8.25.